The molecular weight excluding hydrogens is 796 g/mol. The van der Waals surface area contributed by atoms with Crippen molar-refractivity contribution in [1.29, 1.82) is 0 Å². The summed E-state index contributed by atoms with van der Waals surface area (Å²) in [6, 6.07) is 0. The Morgan fingerprint density at radius 2 is 0.673 bits per heavy atom. The first kappa shape index (κ1) is 47.8. The number of nitrogens with zero attached hydrogens (tertiary/aromatic N) is 4. The fraction of sp³-hybridized carbons (Fsp3) is 1.00. The Bertz CT molecular complexity index is 1290. The predicted molar refractivity (Wildman–Crippen MR) is 147 cm³/mol. The molecule has 13 nitrogen and oxygen atoms in total. The standard InChI is InChI=1S/C16H34N2O.2C2F6NO4S2/c1-3-17(9-5-6-10-17)13-15-19-16-14-18(4-2)11-7-8-12-18;2*3-1(4,5)14(10,11)9-15(12,13)2(6,7)8/h3-16H2,1-2H3;;/q+2;2*-1. The maximum Gasteiger partial charge on any atom is 0.480 e. The van der Waals surface area contributed by atoms with Crippen LogP contribution in [0, 0.1) is 0 Å². The number of rotatable bonds is 12. The summed E-state index contributed by atoms with van der Waals surface area (Å²) < 4.78 is 227. The zero-order chi connectivity index (χ0) is 39.0. The molecular formula is C20H34F12N4O9S4. The fourth-order valence-corrected chi connectivity index (χ4v) is 7.87. The van der Waals surface area contributed by atoms with E-state index in [0.717, 1.165) is 21.5 Å². The van der Waals surface area contributed by atoms with Crippen molar-refractivity contribution in [3.05, 3.63) is 8.25 Å². The van der Waals surface area contributed by atoms with E-state index in [2.05, 4.69) is 13.8 Å². The van der Waals surface area contributed by atoms with E-state index in [4.69, 9.17) is 4.74 Å². The van der Waals surface area contributed by atoms with E-state index in [9.17, 15) is 86.4 Å². The molecule has 2 fully saturated rings. The summed E-state index contributed by atoms with van der Waals surface area (Å²) in [4.78, 5) is 0. The topological polar surface area (TPSA) is 174 Å². The lowest BCUT2D eigenvalue weighted by Gasteiger charge is -2.34. The van der Waals surface area contributed by atoms with E-state index in [1.165, 1.54) is 87.0 Å². The summed E-state index contributed by atoms with van der Waals surface area (Å²) in [7, 11) is -26.9. The minimum atomic E-state index is -6.72. The molecule has 2 aliphatic heterocycles. The van der Waals surface area contributed by atoms with Crippen LogP contribution in [0.2, 0.25) is 0 Å². The van der Waals surface area contributed by atoms with Gasteiger partial charge in [-0.25, -0.2) is 33.7 Å². The first-order valence-electron chi connectivity index (χ1n) is 13.7. The Kier molecular flexibility index (Phi) is 16.6. The third-order valence-corrected chi connectivity index (χ3v) is 12.8. The van der Waals surface area contributed by atoms with Crippen molar-refractivity contribution in [2.24, 2.45) is 0 Å². The number of hydrogen-bond acceptors (Lipinski definition) is 9. The first-order valence-corrected chi connectivity index (χ1v) is 19.4. The molecule has 29 heteroatoms. The molecule has 49 heavy (non-hydrogen) atoms. The van der Waals surface area contributed by atoms with Crippen LogP contribution >= 0.6 is 0 Å². The highest BCUT2D eigenvalue weighted by atomic mass is 32.3. The molecule has 2 heterocycles. The number of quaternary nitrogens is 2. The molecule has 0 radical (unpaired) electrons. The summed E-state index contributed by atoms with van der Waals surface area (Å²) in [6.07, 6.45) is 5.68. The molecule has 0 aromatic rings. The van der Waals surface area contributed by atoms with E-state index in [0.29, 0.717) is 0 Å². The first-order chi connectivity index (χ1) is 21.7. The van der Waals surface area contributed by atoms with Gasteiger partial charge in [-0.1, -0.05) is 0 Å². The summed E-state index contributed by atoms with van der Waals surface area (Å²) in [5.74, 6) is 0. The van der Waals surface area contributed by atoms with E-state index >= 15 is 0 Å². The zero-order valence-corrected chi connectivity index (χ0v) is 28.8. The van der Waals surface area contributed by atoms with Crippen molar-refractivity contribution in [2.45, 2.75) is 61.6 Å². The molecule has 0 atom stereocenters. The van der Waals surface area contributed by atoms with E-state index in [1.807, 2.05) is 0 Å². The molecule has 2 rings (SSSR count). The van der Waals surface area contributed by atoms with Gasteiger partial charge in [0.05, 0.1) is 52.5 Å². The normalized spacial score (nSPS) is 19.1. The number of halogens is 12. The third-order valence-electron chi connectivity index (χ3n) is 7.35. The lowest BCUT2D eigenvalue weighted by atomic mass is 10.4. The minimum Gasteiger partial charge on any atom is -0.421 e. The van der Waals surface area contributed by atoms with Crippen molar-refractivity contribution in [3.63, 3.8) is 0 Å². The molecule has 2 aliphatic rings. The number of sulfonamides is 4. The van der Waals surface area contributed by atoms with Crippen molar-refractivity contribution in [3.8, 4) is 0 Å². The lowest BCUT2D eigenvalue weighted by Crippen LogP contribution is -2.49. The quantitative estimate of drug-likeness (QED) is 0.157. The average Bonchev–Trinajstić information content (AvgIpc) is 3.56. The van der Waals surface area contributed by atoms with E-state index in [-0.39, 0.29) is 0 Å². The number of likely N-dealkylation sites (N-methyl/N-ethyl adjacent to an activating group) is 2. The highest BCUT2D eigenvalue weighted by Crippen LogP contribution is 2.37. The Morgan fingerprint density at radius 3 is 0.837 bits per heavy atom. The van der Waals surface area contributed by atoms with Crippen molar-refractivity contribution < 1.29 is 100 Å². The SMILES string of the molecule is CC[N+]1(CCOCC[N+]2(CC)CCCC2)CCCC1.O=S(=O)([N-]S(=O)(=O)C(F)(F)F)C(F)(F)F.O=S(=O)([N-]S(=O)(=O)C(F)(F)F)C(F)(F)F. The van der Waals surface area contributed by atoms with Crippen LogP contribution in [0.25, 0.3) is 8.25 Å². The largest absolute Gasteiger partial charge is 0.480 e. The van der Waals surface area contributed by atoms with Gasteiger partial charge >= 0.3 is 22.0 Å². The summed E-state index contributed by atoms with van der Waals surface area (Å²) >= 11 is 0. The van der Waals surface area contributed by atoms with Crippen LogP contribution < -0.4 is 0 Å². The number of ether oxygens (including phenoxy) is 1. The zero-order valence-electron chi connectivity index (χ0n) is 25.5. The molecule has 0 saturated carbocycles. The average molecular weight is 831 g/mol. The van der Waals surface area contributed by atoms with Crippen LogP contribution in [0.1, 0.15) is 39.5 Å². The highest BCUT2D eigenvalue weighted by Gasteiger charge is 2.48. The summed E-state index contributed by atoms with van der Waals surface area (Å²) in [6.45, 7) is 17.2. The van der Waals surface area contributed by atoms with Crippen molar-refractivity contribution in [1.82, 2.24) is 0 Å². The van der Waals surface area contributed by atoms with Crippen LogP contribution in [-0.2, 0) is 44.8 Å². The number of likely N-dealkylation sites (tertiary alicyclic amines) is 2. The van der Waals surface area contributed by atoms with Gasteiger partial charge < -0.3 is 22.0 Å². The molecule has 0 aromatic heterocycles. The Morgan fingerprint density at radius 1 is 0.469 bits per heavy atom. The smallest absolute Gasteiger partial charge is 0.421 e. The Labute approximate surface area is 275 Å². The van der Waals surface area contributed by atoms with Gasteiger partial charge in [-0.15, -0.1) is 0 Å². The van der Waals surface area contributed by atoms with Gasteiger partial charge in [-0.3, -0.25) is 0 Å². The second kappa shape index (κ2) is 17.1. The molecule has 0 bridgehead atoms. The Hall–Kier alpha value is -1.24. The van der Waals surface area contributed by atoms with Crippen molar-refractivity contribution in [2.75, 3.05) is 65.6 Å². The molecule has 296 valence electrons. The number of hydrogen-bond donors (Lipinski definition) is 0. The van der Waals surface area contributed by atoms with Gasteiger partial charge in [0.1, 0.15) is 13.1 Å². The van der Waals surface area contributed by atoms with Gasteiger partial charge in [-0.05, 0) is 13.8 Å². The highest BCUT2D eigenvalue weighted by molar-refractivity contribution is 8.13. The maximum atomic E-state index is 11.4. The molecule has 0 aliphatic carbocycles. The van der Waals surface area contributed by atoms with Crippen LogP contribution in [0.4, 0.5) is 52.7 Å². The van der Waals surface area contributed by atoms with Crippen LogP contribution in [-0.4, -0.2) is 130 Å². The molecule has 0 N–H and O–H groups in total. The lowest BCUT2D eigenvalue weighted by molar-refractivity contribution is -0.918. The van der Waals surface area contributed by atoms with E-state index < -0.39 is 62.1 Å². The monoisotopic (exact) mass is 830 g/mol. The maximum absolute atomic E-state index is 11.4. The van der Waals surface area contributed by atoms with E-state index in [1.54, 1.807) is 0 Å². The predicted octanol–water partition coefficient (Wildman–Crippen LogP) is 4.38. The minimum absolute atomic E-state index is 0.778. The van der Waals surface area contributed by atoms with Crippen molar-refractivity contribution >= 4 is 40.1 Å². The van der Waals surface area contributed by atoms with Crippen LogP contribution in [0.15, 0.2) is 0 Å². The van der Waals surface area contributed by atoms with Gasteiger partial charge in [0.25, 0.3) is 0 Å². The summed E-state index contributed by atoms with van der Waals surface area (Å²) in [5.41, 5.74) is -24.8. The molecule has 0 aromatic carbocycles. The van der Waals surface area contributed by atoms with Gasteiger partial charge in [0.15, 0.2) is 40.1 Å². The number of alkyl halides is 12. The van der Waals surface area contributed by atoms with Crippen LogP contribution in [0.5, 0.6) is 0 Å². The van der Waals surface area contributed by atoms with Gasteiger partial charge in [0, 0.05) is 25.7 Å². The van der Waals surface area contributed by atoms with Gasteiger partial charge in [0.2, 0.25) is 0 Å². The molecule has 0 unspecified atom stereocenters. The second-order valence-electron chi connectivity index (χ2n) is 10.5. The molecule has 0 spiro atoms. The Balaban J connectivity index is 0.000000715. The fourth-order valence-electron chi connectivity index (χ4n) is 4.45. The third kappa shape index (κ3) is 14.4. The molecule has 0 amide bonds. The van der Waals surface area contributed by atoms with Crippen LogP contribution in [0.3, 0.4) is 0 Å². The van der Waals surface area contributed by atoms with Gasteiger partial charge in [-0.2, -0.15) is 52.7 Å². The second-order valence-corrected chi connectivity index (χ2v) is 17.4. The molecule has 2 saturated heterocycles. The summed E-state index contributed by atoms with van der Waals surface area (Å²) in [5, 5.41) is 0.